The van der Waals surface area contributed by atoms with E-state index in [0.29, 0.717) is 23.0 Å². The predicted octanol–water partition coefficient (Wildman–Crippen LogP) is 3.73. The van der Waals surface area contributed by atoms with Crippen molar-refractivity contribution in [3.05, 3.63) is 66.7 Å². The first-order chi connectivity index (χ1) is 10.7. The molecule has 0 spiro atoms. The van der Waals surface area contributed by atoms with Crippen molar-refractivity contribution in [2.75, 3.05) is 22.1 Å². The molecule has 22 heavy (non-hydrogen) atoms. The van der Waals surface area contributed by atoms with Crippen LogP contribution >= 0.6 is 0 Å². The number of nitrogen functional groups attached to an aromatic ring is 2. The van der Waals surface area contributed by atoms with Crippen molar-refractivity contribution in [2.45, 2.75) is 0 Å². The van der Waals surface area contributed by atoms with Gasteiger partial charge < -0.3 is 22.1 Å². The third kappa shape index (κ3) is 3.09. The molecule has 0 amide bonds. The first kappa shape index (κ1) is 13.8. The summed E-state index contributed by atoms with van der Waals surface area (Å²) in [5.41, 5.74) is 14.8. The Kier molecular flexibility index (Phi) is 3.78. The van der Waals surface area contributed by atoms with Gasteiger partial charge in [-0.3, -0.25) is 0 Å². The average Bonchev–Trinajstić information content (AvgIpc) is 2.54. The van der Waals surface area contributed by atoms with Crippen molar-refractivity contribution >= 4 is 34.4 Å². The molecule has 2 aromatic carbocycles. The van der Waals surface area contributed by atoms with E-state index in [4.69, 9.17) is 11.5 Å². The molecule has 110 valence electrons. The Morgan fingerprint density at radius 1 is 0.636 bits per heavy atom. The van der Waals surface area contributed by atoms with Crippen molar-refractivity contribution in [1.82, 2.24) is 4.98 Å². The largest absolute Gasteiger partial charge is 0.396 e. The summed E-state index contributed by atoms with van der Waals surface area (Å²) in [4.78, 5) is 4.49. The molecule has 0 saturated carbocycles. The molecule has 0 fully saturated rings. The number of hydrogen-bond donors (Lipinski definition) is 4. The van der Waals surface area contributed by atoms with Crippen molar-refractivity contribution in [3.8, 4) is 0 Å². The van der Waals surface area contributed by atoms with Crippen molar-refractivity contribution in [2.24, 2.45) is 0 Å². The van der Waals surface area contributed by atoms with E-state index in [2.05, 4.69) is 15.6 Å². The molecule has 0 bridgehead atoms. The van der Waals surface area contributed by atoms with Crippen molar-refractivity contribution < 1.29 is 0 Å². The highest BCUT2D eigenvalue weighted by atomic mass is 15.1. The number of benzene rings is 2. The molecule has 3 rings (SSSR count). The van der Waals surface area contributed by atoms with Crippen LogP contribution in [-0.2, 0) is 0 Å². The van der Waals surface area contributed by atoms with E-state index in [1.807, 2.05) is 60.7 Å². The van der Waals surface area contributed by atoms with Gasteiger partial charge in [0, 0.05) is 11.4 Å². The SMILES string of the molecule is Nc1cc(N)c(Nc2ccccc2)nc1Nc1ccccc1. The quantitative estimate of drug-likeness (QED) is 0.588. The first-order valence-corrected chi connectivity index (χ1v) is 6.92. The molecule has 5 nitrogen and oxygen atoms in total. The summed E-state index contributed by atoms with van der Waals surface area (Å²) < 4.78 is 0. The molecule has 0 radical (unpaired) electrons. The highest BCUT2D eigenvalue weighted by Crippen LogP contribution is 2.29. The minimum atomic E-state index is 0.500. The molecule has 0 aliphatic carbocycles. The standard InChI is InChI=1S/C17H17N5/c18-14-11-15(19)17(21-13-9-5-2-6-10-13)22-16(14)20-12-7-3-1-4-8-12/h1-11H,18-19H2,(H2,20,21,22). The number of pyridine rings is 1. The van der Waals surface area contributed by atoms with E-state index in [1.165, 1.54) is 0 Å². The Hall–Kier alpha value is -3.21. The maximum atomic E-state index is 6.00. The molecular formula is C17H17N5. The highest BCUT2D eigenvalue weighted by Gasteiger charge is 2.08. The summed E-state index contributed by atoms with van der Waals surface area (Å²) >= 11 is 0. The molecule has 0 aliphatic heterocycles. The summed E-state index contributed by atoms with van der Waals surface area (Å²) in [6, 6.07) is 21.2. The zero-order valence-corrected chi connectivity index (χ0v) is 12.0. The van der Waals surface area contributed by atoms with Gasteiger partial charge in [0.05, 0.1) is 11.4 Å². The van der Waals surface area contributed by atoms with E-state index in [9.17, 15) is 0 Å². The van der Waals surface area contributed by atoms with E-state index < -0.39 is 0 Å². The summed E-state index contributed by atoms with van der Waals surface area (Å²) in [6.07, 6.45) is 0. The number of hydrogen-bond acceptors (Lipinski definition) is 5. The van der Waals surface area contributed by atoms with Crippen LogP contribution in [0, 0.1) is 0 Å². The predicted molar refractivity (Wildman–Crippen MR) is 92.5 cm³/mol. The Morgan fingerprint density at radius 2 is 1.05 bits per heavy atom. The second-order valence-electron chi connectivity index (χ2n) is 4.85. The lowest BCUT2D eigenvalue weighted by atomic mass is 10.2. The Balaban J connectivity index is 1.90. The Labute approximate surface area is 129 Å². The molecule has 0 saturated heterocycles. The molecule has 1 aromatic heterocycles. The maximum Gasteiger partial charge on any atom is 0.156 e. The van der Waals surface area contributed by atoms with Crippen LogP contribution in [0.15, 0.2) is 66.7 Å². The van der Waals surface area contributed by atoms with Gasteiger partial charge in [-0.25, -0.2) is 4.98 Å². The zero-order chi connectivity index (χ0) is 15.4. The number of rotatable bonds is 4. The lowest BCUT2D eigenvalue weighted by Crippen LogP contribution is -2.05. The van der Waals surface area contributed by atoms with Gasteiger partial charge in [0.1, 0.15) is 0 Å². The summed E-state index contributed by atoms with van der Waals surface area (Å²) in [5, 5.41) is 6.39. The van der Waals surface area contributed by atoms with Gasteiger partial charge in [-0.2, -0.15) is 0 Å². The molecule has 1 heterocycles. The van der Waals surface area contributed by atoms with E-state index >= 15 is 0 Å². The molecule has 3 aromatic rings. The van der Waals surface area contributed by atoms with Gasteiger partial charge in [0.2, 0.25) is 0 Å². The molecule has 6 N–H and O–H groups in total. The fraction of sp³-hybridized carbons (Fsp3) is 0. The van der Waals surface area contributed by atoms with Gasteiger partial charge in [-0.15, -0.1) is 0 Å². The number of aromatic nitrogens is 1. The summed E-state index contributed by atoms with van der Waals surface area (Å²) in [5.74, 6) is 1.14. The van der Waals surface area contributed by atoms with Gasteiger partial charge in [0.25, 0.3) is 0 Å². The van der Waals surface area contributed by atoms with Crippen LogP contribution in [0.25, 0.3) is 0 Å². The second-order valence-corrected chi connectivity index (χ2v) is 4.85. The van der Waals surface area contributed by atoms with Crippen LogP contribution in [0.4, 0.5) is 34.4 Å². The maximum absolute atomic E-state index is 6.00. The van der Waals surface area contributed by atoms with Crippen LogP contribution in [0.2, 0.25) is 0 Å². The third-order valence-electron chi connectivity index (χ3n) is 3.15. The lowest BCUT2D eigenvalue weighted by molar-refractivity contribution is 1.30. The number of anilines is 6. The number of nitrogens with two attached hydrogens (primary N) is 2. The molecule has 0 atom stereocenters. The highest BCUT2D eigenvalue weighted by molar-refractivity contribution is 5.79. The van der Waals surface area contributed by atoms with Crippen LogP contribution in [0.3, 0.4) is 0 Å². The van der Waals surface area contributed by atoms with Gasteiger partial charge in [0.15, 0.2) is 11.6 Å². The normalized spacial score (nSPS) is 10.2. The van der Waals surface area contributed by atoms with Gasteiger partial charge in [-0.1, -0.05) is 36.4 Å². The number of nitrogens with zero attached hydrogens (tertiary/aromatic N) is 1. The molecular weight excluding hydrogens is 274 g/mol. The minimum Gasteiger partial charge on any atom is -0.396 e. The van der Waals surface area contributed by atoms with E-state index in [1.54, 1.807) is 6.07 Å². The average molecular weight is 291 g/mol. The Morgan fingerprint density at radius 3 is 1.45 bits per heavy atom. The fourth-order valence-corrected chi connectivity index (χ4v) is 2.06. The third-order valence-corrected chi connectivity index (χ3v) is 3.15. The van der Waals surface area contributed by atoms with Crippen LogP contribution < -0.4 is 22.1 Å². The summed E-state index contributed by atoms with van der Waals surface area (Å²) in [6.45, 7) is 0. The second kappa shape index (κ2) is 6.05. The topological polar surface area (TPSA) is 89.0 Å². The molecule has 0 unspecified atom stereocenters. The molecule has 0 aliphatic rings. The van der Waals surface area contributed by atoms with Crippen LogP contribution in [0.1, 0.15) is 0 Å². The van der Waals surface area contributed by atoms with Crippen molar-refractivity contribution in [3.63, 3.8) is 0 Å². The molecule has 5 heteroatoms. The monoisotopic (exact) mass is 291 g/mol. The van der Waals surface area contributed by atoms with Crippen LogP contribution in [-0.4, -0.2) is 4.98 Å². The van der Waals surface area contributed by atoms with E-state index in [-0.39, 0.29) is 0 Å². The first-order valence-electron chi connectivity index (χ1n) is 6.92. The number of nitrogens with one attached hydrogen (secondary N) is 2. The lowest BCUT2D eigenvalue weighted by Gasteiger charge is -2.13. The summed E-state index contributed by atoms with van der Waals surface area (Å²) in [7, 11) is 0. The zero-order valence-electron chi connectivity index (χ0n) is 12.0. The Bertz CT molecular complexity index is 694. The van der Waals surface area contributed by atoms with Gasteiger partial charge >= 0.3 is 0 Å². The fourth-order valence-electron chi connectivity index (χ4n) is 2.06. The number of para-hydroxylation sites is 2. The van der Waals surface area contributed by atoms with Crippen LogP contribution in [0.5, 0.6) is 0 Å². The van der Waals surface area contributed by atoms with Crippen molar-refractivity contribution in [1.29, 1.82) is 0 Å². The van der Waals surface area contributed by atoms with Gasteiger partial charge in [-0.05, 0) is 30.3 Å². The minimum absolute atomic E-state index is 0.500. The van der Waals surface area contributed by atoms with E-state index in [0.717, 1.165) is 11.4 Å². The smallest absolute Gasteiger partial charge is 0.156 e.